The van der Waals surface area contributed by atoms with Crippen LogP contribution in [0.5, 0.6) is 5.75 Å². The summed E-state index contributed by atoms with van der Waals surface area (Å²) in [6.45, 7) is 9.43. The molecule has 1 heterocycles. The molecule has 1 unspecified atom stereocenters. The van der Waals surface area contributed by atoms with Gasteiger partial charge in [-0.05, 0) is 31.5 Å². The number of guanidine groups is 1. The van der Waals surface area contributed by atoms with Crippen molar-refractivity contribution in [3.63, 3.8) is 0 Å². The highest BCUT2D eigenvalue weighted by atomic mass is 127. The van der Waals surface area contributed by atoms with Crippen LogP contribution in [-0.2, 0) is 11.3 Å². The molecule has 0 spiro atoms. The second-order valence-corrected chi connectivity index (χ2v) is 6.78. The van der Waals surface area contributed by atoms with E-state index in [1.165, 1.54) is 0 Å². The predicted molar refractivity (Wildman–Crippen MR) is 119 cm³/mol. The Balaban J connectivity index is 0.00000364. The van der Waals surface area contributed by atoms with Crippen LogP contribution in [0.1, 0.15) is 19.4 Å². The van der Waals surface area contributed by atoms with Crippen LogP contribution in [0.15, 0.2) is 29.3 Å². The fourth-order valence-electron chi connectivity index (χ4n) is 2.81. The average Bonchev–Trinajstić information content (AvgIpc) is 2.65. The second-order valence-electron chi connectivity index (χ2n) is 6.78. The molecular formula is C19H33IN4O3. The first-order chi connectivity index (χ1) is 12.5. The van der Waals surface area contributed by atoms with Crippen LogP contribution in [0.2, 0.25) is 0 Å². The van der Waals surface area contributed by atoms with E-state index in [4.69, 9.17) is 9.47 Å². The zero-order valence-electron chi connectivity index (χ0n) is 16.5. The number of hydrogen-bond acceptors (Lipinski definition) is 5. The average molecular weight is 492 g/mol. The molecule has 1 aliphatic heterocycles. The Morgan fingerprint density at radius 1 is 1.26 bits per heavy atom. The maximum atomic E-state index is 10.7. The molecular weight excluding hydrogens is 459 g/mol. The van der Waals surface area contributed by atoms with E-state index in [0.29, 0.717) is 25.6 Å². The highest BCUT2D eigenvalue weighted by molar-refractivity contribution is 14.0. The summed E-state index contributed by atoms with van der Waals surface area (Å²) in [5.74, 6) is 1.53. The van der Waals surface area contributed by atoms with Crippen LogP contribution in [-0.4, -0.2) is 74.6 Å². The van der Waals surface area contributed by atoms with Gasteiger partial charge >= 0.3 is 0 Å². The van der Waals surface area contributed by atoms with Crippen molar-refractivity contribution in [3.05, 3.63) is 29.8 Å². The summed E-state index contributed by atoms with van der Waals surface area (Å²) in [4.78, 5) is 6.83. The minimum absolute atomic E-state index is 0. The van der Waals surface area contributed by atoms with E-state index in [1.54, 1.807) is 7.11 Å². The first kappa shape index (κ1) is 23.9. The first-order valence-electron chi connectivity index (χ1n) is 9.20. The number of benzene rings is 1. The van der Waals surface area contributed by atoms with E-state index in [1.807, 2.05) is 38.1 Å². The summed E-state index contributed by atoms with van der Waals surface area (Å²) in [6, 6.07) is 7.86. The van der Waals surface area contributed by atoms with Gasteiger partial charge in [0.1, 0.15) is 5.75 Å². The number of hydrogen-bond donors (Lipinski definition) is 3. The van der Waals surface area contributed by atoms with Crippen molar-refractivity contribution in [2.24, 2.45) is 4.99 Å². The van der Waals surface area contributed by atoms with Crippen LogP contribution in [0.4, 0.5) is 0 Å². The van der Waals surface area contributed by atoms with E-state index < -0.39 is 5.60 Å². The topological polar surface area (TPSA) is 78.4 Å². The van der Waals surface area contributed by atoms with Gasteiger partial charge in [0.2, 0.25) is 0 Å². The third-order valence-electron chi connectivity index (χ3n) is 4.23. The maximum Gasteiger partial charge on any atom is 0.191 e. The number of nitrogens with zero attached hydrogens (tertiary/aromatic N) is 2. The monoisotopic (exact) mass is 492 g/mol. The van der Waals surface area contributed by atoms with Gasteiger partial charge < -0.3 is 25.2 Å². The Bertz CT molecular complexity index is 561. The summed E-state index contributed by atoms with van der Waals surface area (Å²) in [5, 5.41) is 17.2. The molecule has 1 saturated heterocycles. The van der Waals surface area contributed by atoms with Crippen molar-refractivity contribution < 1.29 is 14.6 Å². The number of morpholine rings is 1. The van der Waals surface area contributed by atoms with Crippen molar-refractivity contribution in [1.29, 1.82) is 0 Å². The Kier molecular flexibility index (Phi) is 11.0. The van der Waals surface area contributed by atoms with Gasteiger partial charge in [0.25, 0.3) is 0 Å². The quantitative estimate of drug-likeness (QED) is 0.290. The van der Waals surface area contributed by atoms with Crippen LogP contribution >= 0.6 is 24.0 Å². The number of ether oxygens (including phenoxy) is 2. The van der Waals surface area contributed by atoms with E-state index in [2.05, 4.69) is 20.5 Å². The molecule has 1 aromatic carbocycles. The lowest BCUT2D eigenvalue weighted by Crippen LogP contribution is -2.52. The zero-order valence-corrected chi connectivity index (χ0v) is 18.9. The van der Waals surface area contributed by atoms with Gasteiger partial charge in [-0.15, -0.1) is 24.0 Å². The van der Waals surface area contributed by atoms with Crippen molar-refractivity contribution in [2.75, 3.05) is 53.0 Å². The molecule has 3 N–H and O–H groups in total. The molecule has 1 aromatic rings. The molecule has 2 rings (SSSR count). The standard InChI is InChI=1S/C19H32N4O3.HI/c1-4-20-18(21-13-16-5-7-17(25-3)8-6-16)22-14-19(2,24)15-23-9-11-26-12-10-23;/h5-8,24H,4,9-15H2,1-3H3,(H2,20,21,22);1H. The normalized spacial score (nSPS) is 17.6. The first-order valence-corrected chi connectivity index (χ1v) is 9.20. The summed E-state index contributed by atoms with van der Waals surface area (Å²) in [6.07, 6.45) is 0. The van der Waals surface area contributed by atoms with Gasteiger partial charge in [-0.25, -0.2) is 4.99 Å². The largest absolute Gasteiger partial charge is 0.497 e. The molecule has 8 heteroatoms. The van der Waals surface area contributed by atoms with Crippen LogP contribution in [0, 0.1) is 0 Å². The SMILES string of the molecule is CCNC(=NCc1ccc(OC)cc1)NCC(C)(O)CN1CCOCC1.I. The second kappa shape index (κ2) is 12.4. The Labute approximate surface area is 179 Å². The lowest BCUT2D eigenvalue weighted by molar-refractivity contribution is -0.0201. The van der Waals surface area contributed by atoms with Gasteiger partial charge in [0.05, 0.1) is 32.5 Å². The zero-order chi connectivity index (χ0) is 18.8. The van der Waals surface area contributed by atoms with Crippen molar-refractivity contribution >= 4 is 29.9 Å². The fraction of sp³-hybridized carbons (Fsp3) is 0.632. The van der Waals surface area contributed by atoms with Gasteiger partial charge in [-0.2, -0.15) is 0 Å². The number of halogens is 1. The molecule has 1 atom stereocenters. The highest BCUT2D eigenvalue weighted by Crippen LogP contribution is 2.12. The van der Waals surface area contributed by atoms with Gasteiger partial charge in [-0.1, -0.05) is 12.1 Å². The number of aliphatic hydroxyl groups is 1. The van der Waals surface area contributed by atoms with Gasteiger partial charge in [0.15, 0.2) is 5.96 Å². The molecule has 27 heavy (non-hydrogen) atoms. The molecule has 154 valence electrons. The molecule has 1 fully saturated rings. The number of rotatable bonds is 8. The van der Waals surface area contributed by atoms with E-state index in [-0.39, 0.29) is 24.0 Å². The number of nitrogens with one attached hydrogen (secondary N) is 2. The number of aliphatic imine (C=N–C) groups is 1. The molecule has 7 nitrogen and oxygen atoms in total. The summed E-state index contributed by atoms with van der Waals surface area (Å²) >= 11 is 0. The third kappa shape index (κ3) is 9.09. The molecule has 0 bridgehead atoms. The predicted octanol–water partition coefficient (Wildman–Crippen LogP) is 1.45. The maximum absolute atomic E-state index is 10.7. The van der Waals surface area contributed by atoms with Crippen LogP contribution in [0.3, 0.4) is 0 Å². The molecule has 1 aliphatic rings. The summed E-state index contributed by atoms with van der Waals surface area (Å²) < 4.78 is 10.5. The lowest BCUT2D eigenvalue weighted by atomic mass is 10.1. The van der Waals surface area contributed by atoms with Crippen LogP contribution in [0.25, 0.3) is 0 Å². The molecule has 0 aliphatic carbocycles. The molecule has 0 radical (unpaired) electrons. The summed E-state index contributed by atoms with van der Waals surface area (Å²) in [5.41, 5.74) is 0.260. The van der Waals surface area contributed by atoms with Crippen molar-refractivity contribution in [2.45, 2.75) is 26.0 Å². The Morgan fingerprint density at radius 3 is 2.52 bits per heavy atom. The fourth-order valence-corrected chi connectivity index (χ4v) is 2.81. The van der Waals surface area contributed by atoms with Crippen molar-refractivity contribution in [3.8, 4) is 5.75 Å². The number of β-amino-alcohol motifs (C(OH)–C–C–N with tert-alkyl or cyclic N) is 1. The number of methoxy groups -OCH3 is 1. The summed E-state index contributed by atoms with van der Waals surface area (Å²) in [7, 11) is 1.66. The van der Waals surface area contributed by atoms with E-state index in [9.17, 15) is 5.11 Å². The Morgan fingerprint density at radius 2 is 1.93 bits per heavy atom. The highest BCUT2D eigenvalue weighted by Gasteiger charge is 2.25. The van der Waals surface area contributed by atoms with E-state index in [0.717, 1.165) is 44.2 Å². The molecule has 0 saturated carbocycles. The van der Waals surface area contributed by atoms with Crippen LogP contribution < -0.4 is 15.4 Å². The molecule has 0 amide bonds. The molecule has 0 aromatic heterocycles. The van der Waals surface area contributed by atoms with Gasteiger partial charge in [0, 0.05) is 32.7 Å². The third-order valence-corrected chi connectivity index (χ3v) is 4.23. The smallest absolute Gasteiger partial charge is 0.191 e. The van der Waals surface area contributed by atoms with E-state index >= 15 is 0 Å². The Hall–Kier alpha value is -1.10. The minimum atomic E-state index is -0.840. The van der Waals surface area contributed by atoms with Gasteiger partial charge in [-0.3, -0.25) is 4.90 Å². The minimum Gasteiger partial charge on any atom is -0.497 e. The lowest BCUT2D eigenvalue weighted by Gasteiger charge is -2.34. The van der Waals surface area contributed by atoms with Crippen molar-refractivity contribution in [1.82, 2.24) is 15.5 Å².